The van der Waals surface area contributed by atoms with Crippen LogP contribution in [0.3, 0.4) is 0 Å². The summed E-state index contributed by atoms with van der Waals surface area (Å²) < 4.78 is 41.9. The number of nitrogens with zero attached hydrogens (tertiary/aromatic N) is 2. The van der Waals surface area contributed by atoms with Crippen LogP contribution in [0.1, 0.15) is 32.8 Å². The van der Waals surface area contributed by atoms with E-state index in [1.807, 2.05) is 13.8 Å². The van der Waals surface area contributed by atoms with Gasteiger partial charge in [0.2, 0.25) is 11.8 Å². The molecule has 39 heavy (non-hydrogen) atoms. The predicted molar refractivity (Wildman–Crippen MR) is 152 cm³/mol. The fourth-order valence-corrected chi connectivity index (χ4v) is 5.77. The largest absolute Gasteiger partial charge is 0.352 e. The lowest BCUT2D eigenvalue weighted by Crippen LogP contribution is -2.52. The molecule has 3 aromatic carbocycles. The molecular weight excluding hydrogens is 564 g/mol. The average molecular weight is 595 g/mol. The highest BCUT2D eigenvalue weighted by Gasteiger charge is 2.33. The maximum Gasteiger partial charge on any atom is 0.264 e. The maximum absolute atomic E-state index is 13.9. The summed E-state index contributed by atoms with van der Waals surface area (Å²) in [6, 6.07) is 16.3. The third kappa shape index (κ3) is 7.71. The summed E-state index contributed by atoms with van der Waals surface area (Å²) in [5.74, 6) is -1.50. The first kappa shape index (κ1) is 30.4. The Morgan fingerprint density at radius 3 is 2.21 bits per heavy atom. The van der Waals surface area contributed by atoms with Crippen molar-refractivity contribution in [3.63, 3.8) is 0 Å². The monoisotopic (exact) mass is 593 g/mol. The Morgan fingerprint density at radius 1 is 0.974 bits per heavy atom. The van der Waals surface area contributed by atoms with Crippen molar-refractivity contribution in [3.05, 3.63) is 94.2 Å². The molecular formula is C28H30Cl2FN3O4S. The van der Waals surface area contributed by atoms with Crippen LogP contribution in [0, 0.1) is 5.82 Å². The van der Waals surface area contributed by atoms with E-state index in [1.165, 1.54) is 59.5 Å². The molecule has 0 aromatic heterocycles. The van der Waals surface area contributed by atoms with Crippen molar-refractivity contribution in [3.8, 4) is 0 Å². The topological polar surface area (TPSA) is 86.8 Å². The maximum atomic E-state index is 13.9. The highest BCUT2D eigenvalue weighted by atomic mass is 35.5. The Balaban J connectivity index is 2.04. The molecule has 0 aliphatic carbocycles. The number of amides is 2. The van der Waals surface area contributed by atoms with Crippen LogP contribution in [0.25, 0.3) is 0 Å². The van der Waals surface area contributed by atoms with Crippen LogP contribution in [0.5, 0.6) is 0 Å². The number of sulfonamides is 1. The molecule has 0 saturated carbocycles. The van der Waals surface area contributed by atoms with Gasteiger partial charge >= 0.3 is 0 Å². The van der Waals surface area contributed by atoms with Gasteiger partial charge in [0.05, 0.1) is 15.6 Å². The molecule has 2 atom stereocenters. The molecule has 3 rings (SSSR count). The van der Waals surface area contributed by atoms with Crippen LogP contribution in [-0.4, -0.2) is 43.8 Å². The van der Waals surface area contributed by atoms with Crippen molar-refractivity contribution in [2.75, 3.05) is 10.8 Å². The zero-order valence-corrected chi connectivity index (χ0v) is 24.1. The lowest BCUT2D eigenvalue weighted by Gasteiger charge is -2.32. The van der Waals surface area contributed by atoms with Gasteiger partial charge in [-0.2, -0.15) is 0 Å². The molecule has 3 aromatic rings. The second kappa shape index (κ2) is 13.3. The first-order chi connectivity index (χ1) is 18.4. The minimum atomic E-state index is -4.26. The minimum absolute atomic E-state index is 0.0300. The number of carbonyl (C=O) groups excluding carboxylic acids is 2. The third-order valence-corrected chi connectivity index (χ3v) is 8.53. The van der Waals surface area contributed by atoms with E-state index in [-0.39, 0.29) is 28.2 Å². The molecule has 11 heteroatoms. The Kier molecular flexibility index (Phi) is 10.4. The second-order valence-corrected chi connectivity index (χ2v) is 11.8. The van der Waals surface area contributed by atoms with Gasteiger partial charge in [-0.15, -0.1) is 0 Å². The summed E-state index contributed by atoms with van der Waals surface area (Å²) in [4.78, 5) is 28.1. The van der Waals surface area contributed by atoms with Crippen molar-refractivity contribution >= 4 is 50.7 Å². The molecule has 0 aliphatic rings. The van der Waals surface area contributed by atoms with Crippen LogP contribution in [0.15, 0.2) is 77.7 Å². The van der Waals surface area contributed by atoms with Crippen LogP contribution in [-0.2, 0) is 26.2 Å². The molecule has 0 spiro atoms. The number of nitrogens with one attached hydrogen (secondary N) is 1. The van der Waals surface area contributed by atoms with E-state index in [0.29, 0.717) is 17.0 Å². The van der Waals surface area contributed by atoms with Crippen LogP contribution in [0.4, 0.5) is 10.1 Å². The van der Waals surface area contributed by atoms with Gasteiger partial charge in [-0.25, -0.2) is 12.8 Å². The summed E-state index contributed by atoms with van der Waals surface area (Å²) >= 11 is 12.4. The Labute approximate surface area is 238 Å². The molecule has 7 nitrogen and oxygen atoms in total. The van der Waals surface area contributed by atoms with Crippen molar-refractivity contribution < 1.29 is 22.4 Å². The average Bonchev–Trinajstić information content (AvgIpc) is 2.91. The van der Waals surface area contributed by atoms with Crippen LogP contribution >= 0.6 is 23.2 Å². The molecule has 0 saturated heterocycles. The number of anilines is 1. The minimum Gasteiger partial charge on any atom is -0.352 e. The number of benzene rings is 3. The Hall–Kier alpha value is -3.14. The van der Waals surface area contributed by atoms with Gasteiger partial charge in [-0.3, -0.25) is 13.9 Å². The molecule has 0 heterocycles. The van der Waals surface area contributed by atoms with Crippen molar-refractivity contribution in [2.24, 2.45) is 0 Å². The molecule has 0 radical (unpaired) electrons. The van der Waals surface area contributed by atoms with Gasteiger partial charge in [-0.1, -0.05) is 60.5 Å². The lowest BCUT2D eigenvalue weighted by molar-refractivity contribution is -0.139. The van der Waals surface area contributed by atoms with Gasteiger partial charge in [0.1, 0.15) is 18.4 Å². The third-order valence-electron chi connectivity index (χ3n) is 6.22. The van der Waals surface area contributed by atoms with E-state index in [4.69, 9.17) is 23.2 Å². The molecule has 0 bridgehead atoms. The first-order valence-corrected chi connectivity index (χ1v) is 14.5. The van der Waals surface area contributed by atoms with Gasteiger partial charge in [-0.05, 0) is 68.3 Å². The summed E-state index contributed by atoms with van der Waals surface area (Å²) in [5.41, 5.74) is 0.617. The number of hydrogen-bond donors (Lipinski definition) is 1. The van der Waals surface area contributed by atoms with E-state index in [0.717, 1.165) is 4.31 Å². The van der Waals surface area contributed by atoms with Crippen molar-refractivity contribution in [2.45, 2.75) is 50.7 Å². The highest BCUT2D eigenvalue weighted by Crippen LogP contribution is 2.33. The van der Waals surface area contributed by atoms with Crippen molar-refractivity contribution in [1.82, 2.24) is 10.2 Å². The number of halogens is 3. The molecule has 1 N–H and O–H groups in total. The molecule has 2 amide bonds. The number of carbonyl (C=O) groups is 2. The van der Waals surface area contributed by atoms with Gasteiger partial charge < -0.3 is 10.2 Å². The van der Waals surface area contributed by atoms with E-state index in [9.17, 15) is 22.4 Å². The molecule has 208 valence electrons. The zero-order chi connectivity index (χ0) is 28.7. The van der Waals surface area contributed by atoms with Gasteiger partial charge in [0.25, 0.3) is 10.0 Å². The standard InChI is InChI=1S/C28H30Cl2FN3O4S/c1-4-19(2)32-28(36)20(3)33(17-21-10-13-23(31)14-11-21)27(35)18-34(26-15-12-22(29)16-25(26)30)39(37,38)24-8-6-5-7-9-24/h5-16,19-20H,4,17-18H2,1-3H3,(H,32,36)/t19-,20-/m1/s1. The van der Waals surface area contributed by atoms with Crippen molar-refractivity contribution in [1.29, 1.82) is 0 Å². The number of rotatable bonds is 11. The fourth-order valence-electron chi connectivity index (χ4n) is 3.75. The van der Waals surface area contributed by atoms with Crippen LogP contribution in [0.2, 0.25) is 10.0 Å². The first-order valence-electron chi connectivity index (χ1n) is 12.3. The second-order valence-electron chi connectivity index (χ2n) is 9.06. The van der Waals surface area contributed by atoms with Gasteiger partial charge in [0, 0.05) is 17.6 Å². The quantitative estimate of drug-likeness (QED) is 0.311. The lowest BCUT2D eigenvalue weighted by atomic mass is 10.1. The molecule has 0 unspecified atom stereocenters. The molecule has 0 fully saturated rings. The van der Waals surface area contributed by atoms with E-state index < -0.39 is 40.2 Å². The van der Waals surface area contributed by atoms with E-state index in [1.54, 1.807) is 25.1 Å². The Morgan fingerprint density at radius 2 is 1.62 bits per heavy atom. The molecule has 0 aliphatic heterocycles. The zero-order valence-electron chi connectivity index (χ0n) is 21.8. The summed E-state index contributed by atoms with van der Waals surface area (Å²) in [6.45, 7) is 4.61. The fraction of sp³-hybridized carbons (Fsp3) is 0.286. The smallest absolute Gasteiger partial charge is 0.264 e. The summed E-state index contributed by atoms with van der Waals surface area (Å²) in [5, 5.41) is 3.18. The predicted octanol–water partition coefficient (Wildman–Crippen LogP) is 5.66. The normalized spacial score (nSPS) is 12.9. The summed E-state index contributed by atoms with van der Waals surface area (Å²) in [7, 11) is -4.26. The summed E-state index contributed by atoms with van der Waals surface area (Å²) in [6.07, 6.45) is 0.683. The number of hydrogen-bond acceptors (Lipinski definition) is 4. The highest BCUT2D eigenvalue weighted by molar-refractivity contribution is 7.92. The SMILES string of the molecule is CC[C@@H](C)NC(=O)[C@@H](C)N(Cc1ccc(F)cc1)C(=O)CN(c1ccc(Cl)cc1Cl)S(=O)(=O)c1ccccc1. The van der Waals surface area contributed by atoms with Gasteiger partial charge in [0.15, 0.2) is 0 Å². The van der Waals surface area contributed by atoms with E-state index >= 15 is 0 Å². The van der Waals surface area contributed by atoms with E-state index in [2.05, 4.69) is 5.32 Å². The Bertz CT molecular complexity index is 1410. The van der Waals surface area contributed by atoms with Crippen LogP contribution < -0.4 is 9.62 Å².